The molecule has 1 aromatic carbocycles. The lowest BCUT2D eigenvalue weighted by Gasteiger charge is -2.50. The molecule has 0 unspecified atom stereocenters. The first-order valence-electron chi connectivity index (χ1n) is 10.5. The van der Waals surface area contributed by atoms with E-state index in [-0.39, 0.29) is 11.3 Å². The number of hydrogen-bond acceptors (Lipinski definition) is 3. The number of phenolic OH excluding ortho intramolecular Hbond substituents is 1. The van der Waals surface area contributed by atoms with E-state index in [1.54, 1.807) is 7.05 Å². The highest BCUT2D eigenvalue weighted by atomic mass is 16.3. The van der Waals surface area contributed by atoms with Gasteiger partial charge >= 0.3 is 0 Å². The van der Waals surface area contributed by atoms with E-state index in [2.05, 4.69) is 18.3 Å². The molecule has 4 heteroatoms. The summed E-state index contributed by atoms with van der Waals surface area (Å²) in [6, 6.07) is 5.86. The number of ketones is 1. The number of phenols is 1. The zero-order chi connectivity index (χ0) is 19.2. The molecule has 0 aromatic heterocycles. The molecule has 4 nitrogen and oxygen atoms in total. The summed E-state index contributed by atoms with van der Waals surface area (Å²) in [5.74, 6) is 2.82. The highest BCUT2D eigenvalue weighted by molar-refractivity contribution is 5.87. The molecule has 1 aromatic rings. The maximum absolute atomic E-state index is 12.9. The number of nitrogens with one attached hydrogen (secondary N) is 1. The Balaban J connectivity index is 1.58. The fraction of sp³-hybridized carbons (Fsp3) is 0.652. The third-order valence-corrected chi connectivity index (χ3v) is 7.81. The third kappa shape index (κ3) is 3.07. The van der Waals surface area contributed by atoms with E-state index in [4.69, 9.17) is 0 Å². The molecule has 5 atom stereocenters. The summed E-state index contributed by atoms with van der Waals surface area (Å²) in [6.07, 6.45) is 7.26. The number of benzene rings is 1. The van der Waals surface area contributed by atoms with Crippen molar-refractivity contribution >= 4 is 11.7 Å². The molecular weight excluding hydrogens is 338 g/mol. The van der Waals surface area contributed by atoms with Gasteiger partial charge in [-0.25, -0.2) is 0 Å². The minimum absolute atomic E-state index is 0.0926. The number of hydrogen-bond donors (Lipinski definition) is 2. The first-order chi connectivity index (χ1) is 12.9. The highest BCUT2D eigenvalue weighted by Crippen LogP contribution is 2.62. The van der Waals surface area contributed by atoms with Crippen LogP contribution in [-0.4, -0.2) is 23.8 Å². The van der Waals surface area contributed by atoms with Gasteiger partial charge in [0.05, 0.1) is 0 Å². The van der Waals surface area contributed by atoms with E-state index in [1.165, 1.54) is 11.1 Å². The second-order valence-electron chi connectivity index (χ2n) is 9.13. The zero-order valence-corrected chi connectivity index (χ0v) is 16.5. The van der Waals surface area contributed by atoms with Crippen LogP contribution in [0.15, 0.2) is 18.2 Å². The summed E-state index contributed by atoms with van der Waals surface area (Å²) >= 11 is 0. The lowest BCUT2D eigenvalue weighted by Crippen LogP contribution is -2.44. The Morgan fingerprint density at radius 1 is 1.33 bits per heavy atom. The molecule has 4 rings (SSSR count). The van der Waals surface area contributed by atoms with Crippen molar-refractivity contribution in [3.05, 3.63) is 29.3 Å². The van der Waals surface area contributed by atoms with E-state index in [9.17, 15) is 14.7 Å². The summed E-state index contributed by atoms with van der Waals surface area (Å²) in [5, 5.41) is 12.5. The first-order valence-corrected chi connectivity index (χ1v) is 10.5. The lowest BCUT2D eigenvalue weighted by atomic mass is 9.54. The molecule has 0 aliphatic heterocycles. The zero-order valence-electron chi connectivity index (χ0n) is 16.5. The molecule has 0 spiro atoms. The molecule has 146 valence electrons. The molecular formula is C23H31NO3. The smallest absolute Gasteiger partial charge is 0.219 e. The first kappa shape index (κ1) is 18.5. The van der Waals surface area contributed by atoms with Crippen LogP contribution in [0.5, 0.6) is 5.75 Å². The second-order valence-corrected chi connectivity index (χ2v) is 9.13. The Labute approximate surface area is 161 Å². The maximum Gasteiger partial charge on any atom is 0.219 e. The number of rotatable bonds is 4. The summed E-state index contributed by atoms with van der Waals surface area (Å²) in [6.45, 7) is 2.21. The Kier molecular flexibility index (Phi) is 4.77. The number of Topliss-reactive ketones (excluding diaryl/α,β-unsaturated/α-hetero) is 1. The molecule has 2 N–H and O–H groups in total. The van der Waals surface area contributed by atoms with Crippen molar-refractivity contribution in [2.75, 3.05) is 7.05 Å². The van der Waals surface area contributed by atoms with Crippen molar-refractivity contribution in [2.45, 2.75) is 64.2 Å². The quantitative estimate of drug-likeness (QED) is 0.844. The van der Waals surface area contributed by atoms with Gasteiger partial charge in [0, 0.05) is 25.3 Å². The van der Waals surface area contributed by atoms with Crippen molar-refractivity contribution in [1.29, 1.82) is 0 Å². The molecule has 0 bridgehead atoms. The van der Waals surface area contributed by atoms with E-state index in [0.717, 1.165) is 38.5 Å². The summed E-state index contributed by atoms with van der Waals surface area (Å²) in [5.41, 5.74) is 2.52. The van der Waals surface area contributed by atoms with Crippen LogP contribution in [-0.2, 0) is 16.0 Å². The van der Waals surface area contributed by atoms with Crippen LogP contribution in [0, 0.1) is 23.2 Å². The number of aryl methyl sites for hydroxylation is 1. The molecule has 3 aliphatic rings. The van der Waals surface area contributed by atoms with Crippen LogP contribution in [0.25, 0.3) is 0 Å². The number of carbonyl (C=O) groups is 2. The summed E-state index contributed by atoms with van der Waals surface area (Å²) < 4.78 is 0. The number of carbonyl (C=O) groups excluding carboxylic acids is 2. The van der Waals surface area contributed by atoms with E-state index < -0.39 is 0 Å². The topological polar surface area (TPSA) is 66.4 Å². The molecule has 1 amide bonds. The van der Waals surface area contributed by atoms with Crippen LogP contribution in [0.2, 0.25) is 0 Å². The molecule has 2 fully saturated rings. The normalized spacial score (nSPS) is 34.5. The fourth-order valence-electron chi connectivity index (χ4n) is 6.54. The van der Waals surface area contributed by atoms with Crippen molar-refractivity contribution in [3.8, 4) is 5.75 Å². The number of amides is 1. The average molecular weight is 370 g/mol. The van der Waals surface area contributed by atoms with Gasteiger partial charge in [-0.05, 0) is 85.5 Å². The van der Waals surface area contributed by atoms with Crippen LogP contribution in [0.1, 0.15) is 68.9 Å². The summed E-state index contributed by atoms with van der Waals surface area (Å²) in [7, 11) is 1.68. The molecule has 27 heavy (non-hydrogen) atoms. The molecule has 0 radical (unpaired) electrons. The molecule has 0 heterocycles. The van der Waals surface area contributed by atoms with Gasteiger partial charge in [0.25, 0.3) is 0 Å². The predicted octanol–water partition coefficient (Wildman–Crippen LogP) is 3.96. The van der Waals surface area contributed by atoms with Crippen molar-refractivity contribution in [3.63, 3.8) is 0 Å². The Hall–Kier alpha value is -1.84. The predicted molar refractivity (Wildman–Crippen MR) is 105 cm³/mol. The average Bonchev–Trinajstić information content (AvgIpc) is 2.91. The van der Waals surface area contributed by atoms with Gasteiger partial charge in [0.1, 0.15) is 11.5 Å². The second kappa shape index (κ2) is 6.96. The molecule has 3 aliphatic carbocycles. The van der Waals surface area contributed by atoms with Gasteiger partial charge < -0.3 is 10.4 Å². The van der Waals surface area contributed by atoms with Gasteiger partial charge in [-0.2, -0.15) is 0 Å². The SMILES string of the molecule is CNC(=O)CCC[C@@H]1CC(=O)[C@@]2(C)CC[C@@H]3c4ccc(O)cc4CC[C@H]3[C@H]12. The van der Waals surface area contributed by atoms with Crippen LogP contribution in [0.3, 0.4) is 0 Å². The Morgan fingerprint density at radius 2 is 2.15 bits per heavy atom. The van der Waals surface area contributed by atoms with Crippen LogP contribution >= 0.6 is 0 Å². The van der Waals surface area contributed by atoms with Crippen molar-refractivity contribution in [2.24, 2.45) is 23.2 Å². The van der Waals surface area contributed by atoms with Crippen molar-refractivity contribution in [1.82, 2.24) is 5.32 Å². The molecule has 2 saturated carbocycles. The number of aromatic hydroxyl groups is 1. The lowest BCUT2D eigenvalue weighted by molar-refractivity contribution is -0.129. The van der Waals surface area contributed by atoms with Gasteiger partial charge in [-0.1, -0.05) is 13.0 Å². The Morgan fingerprint density at radius 3 is 2.93 bits per heavy atom. The van der Waals surface area contributed by atoms with Crippen LogP contribution < -0.4 is 5.32 Å². The standard InChI is InChI=1S/C23H31NO3/c1-23-11-10-18-17-9-7-16(25)12-14(17)6-8-19(18)22(23)15(13-20(23)26)4-3-5-21(27)24-2/h7,9,12,15,18-19,22,25H,3-6,8,10-11,13H2,1-2H3,(H,24,27)/t15-,18-,19-,22+,23-/m1/s1. The minimum Gasteiger partial charge on any atom is -0.508 e. The van der Waals surface area contributed by atoms with Gasteiger partial charge in [0.15, 0.2) is 0 Å². The third-order valence-electron chi connectivity index (χ3n) is 7.81. The Bertz CT molecular complexity index is 758. The van der Waals surface area contributed by atoms with E-state index in [0.29, 0.717) is 48.0 Å². The summed E-state index contributed by atoms with van der Waals surface area (Å²) in [4.78, 5) is 24.5. The van der Waals surface area contributed by atoms with Crippen LogP contribution in [0.4, 0.5) is 0 Å². The van der Waals surface area contributed by atoms with Crippen molar-refractivity contribution < 1.29 is 14.7 Å². The largest absolute Gasteiger partial charge is 0.508 e. The maximum atomic E-state index is 12.9. The number of fused-ring (bicyclic) bond motifs is 5. The fourth-order valence-corrected chi connectivity index (χ4v) is 6.54. The molecule has 0 saturated heterocycles. The van der Waals surface area contributed by atoms with E-state index in [1.807, 2.05) is 12.1 Å². The van der Waals surface area contributed by atoms with Gasteiger partial charge in [0.2, 0.25) is 5.91 Å². The van der Waals surface area contributed by atoms with E-state index >= 15 is 0 Å². The van der Waals surface area contributed by atoms with Gasteiger partial charge in [-0.3, -0.25) is 9.59 Å². The monoisotopic (exact) mass is 369 g/mol. The van der Waals surface area contributed by atoms with Gasteiger partial charge in [-0.15, -0.1) is 0 Å². The highest BCUT2D eigenvalue weighted by Gasteiger charge is 2.58. The minimum atomic E-state index is -0.173.